The third kappa shape index (κ3) is 2.87. The maximum absolute atomic E-state index is 12.8. The van der Waals surface area contributed by atoms with Gasteiger partial charge < -0.3 is 10.6 Å². The molecule has 0 aromatic carbocycles. The van der Waals surface area contributed by atoms with Crippen molar-refractivity contribution in [2.24, 2.45) is 17.1 Å². The fourth-order valence-corrected chi connectivity index (χ4v) is 3.03. The topological polar surface area (TPSA) is 46.3 Å². The molecule has 0 radical (unpaired) electrons. The third-order valence-electron chi connectivity index (χ3n) is 5.02. The van der Waals surface area contributed by atoms with Gasteiger partial charge in [0.15, 0.2) is 0 Å². The van der Waals surface area contributed by atoms with Gasteiger partial charge in [-0.25, -0.2) is 0 Å². The van der Waals surface area contributed by atoms with E-state index in [1.165, 1.54) is 12.8 Å². The molecule has 3 heteroatoms. The van der Waals surface area contributed by atoms with Gasteiger partial charge in [0.25, 0.3) is 0 Å². The van der Waals surface area contributed by atoms with E-state index in [1.807, 2.05) is 0 Å². The molecule has 0 spiro atoms. The van der Waals surface area contributed by atoms with Crippen LogP contribution in [0.5, 0.6) is 0 Å². The van der Waals surface area contributed by atoms with Crippen LogP contribution in [-0.4, -0.2) is 29.9 Å². The van der Waals surface area contributed by atoms with Crippen molar-refractivity contribution in [3.05, 3.63) is 0 Å². The Balaban J connectivity index is 2.85. The summed E-state index contributed by atoms with van der Waals surface area (Å²) in [5.74, 6) is 0.968. The number of hydrogen-bond acceptors (Lipinski definition) is 2. The van der Waals surface area contributed by atoms with Gasteiger partial charge in [0, 0.05) is 19.1 Å². The van der Waals surface area contributed by atoms with Gasteiger partial charge in [-0.2, -0.15) is 0 Å². The van der Waals surface area contributed by atoms with Crippen LogP contribution in [0, 0.1) is 11.3 Å². The Hall–Kier alpha value is -0.570. The number of amides is 1. The van der Waals surface area contributed by atoms with E-state index < -0.39 is 0 Å². The quantitative estimate of drug-likeness (QED) is 0.820. The van der Waals surface area contributed by atoms with Crippen molar-refractivity contribution in [2.45, 2.75) is 65.8 Å². The second-order valence-corrected chi connectivity index (χ2v) is 5.85. The highest BCUT2D eigenvalue weighted by Crippen LogP contribution is 2.32. The summed E-state index contributed by atoms with van der Waals surface area (Å²) in [6.45, 7) is 9.97. The van der Waals surface area contributed by atoms with Gasteiger partial charge in [0.05, 0.1) is 5.41 Å². The van der Waals surface area contributed by atoms with E-state index in [0.29, 0.717) is 24.4 Å². The zero-order chi connectivity index (χ0) is 13.8. The van der Waals surface area contributed by atoms with Crippen molar-refractivity contribution in [2.75, 3.05) is 13.1 Å². The first-order chi connectivity index (χ1) is 8.54. The fourth-order valence-electron chi connectivity index (χ4n) is 3.03. The smallest absolute Gasteiger partial charge is 0.230 e. The molecule has 1 aliphatic rings. The van der Waals surface area contributed by atoms with E-state index >= 15 is 0 Å². The number of nitrogens with two attached hydrogens (primary N) is 1. The van der Waals surface area contributed by atoms with Crippen molar-refractivity contribution in [1.82, 2.24) is 4.90 Å². The number of rotatable bonds is 5. The van der Waals surface area contributed by atoms with E-state index in [2.05, 4.69) is 32.6 Å². The normalized spacial score (nSPS) is 25.3. The van der Waals surface area contributed by atoms with Crippen molar-refractivity contribution in [3.63, 3.8) is 0 Å². The number of hydrogen-bond donors (Lipinski definition) is 1. The Morgan fingerprint density at radius 2 is 1.89 bits per heavy atom. The molecular weight excluding hydrogens is 224 g/mol. The minimum atomic E-state index is -0.329. The maximum Gasteiger partial charge on any atom is 0.230 e. The monoisotopic (exact) mass is 254 g/mol. The van der Waals surface area contributed by atoms with Crippen LogP contribution in [0.3, 0.4) is 0 Å². The molecule has 1 heterocycles. The van der Waals surface area contributed by atoms with E-state index in [1.54, 1.807) is 0 Å². The summed E-state index contributed by atoms with van der Waals surface area (Å²) in [4.78, 5) is 14.9. The summed E-state index contributed by atoms with van der Waals surface area (Å²) in [6, 6.07) is 0.379. The second kappa shape index (κ2) is 6.55. The average Bonchev–Trinajstić information content (AvgIpc) is 2.41. The van der Waals surface area contributed by atoms with Gasteiger partial charge in [0.2, 0.25) is 5.91 Å². The number of nitrogens with zero attached hydrogens (tertiary/aromatic N) is 1. The largest absolute Gasteiger partial charge is 0.339 e. The summed E-state index contributed by atoms with van der Waals surface area (Å²) in [7, 11) is 0. The lowest BCUT2D eigenvalue weighted by Gasteiger charge is -2.43. The van der Waals surface area contributed by atoms with Crippen LogP contribution in [-0.2, 0) is 4.79 Å². The molecule has 1 rings (SSSR count). The minimum absolute atomic E-state index is 0.292. The predicted molar refractivity (Wildman–Crippen MR) is 76.3 cm³/mol. The van der Waals surface area contributed by atoms with E-state index in [4.69, 9.17) is 5.73 Å². The maximum atomic E-state index is 12.8. The molecule has 1 aliphatic heterocycles. The van der Waals surface area contributed by atoms with Gasteiger partial charge in [-0.1, -0.05) is 27.2 Å². The summed E-state index contributed by atoms with van der Waals surface area (Å²) in [6.07, 6.45) is 5.26. The standard InChI is InChI=1S/C15H30N2O/c1-5-13-9-8-12(4)17(10-13)14(18)15(6-2,7-3)11-16/h12-13H,5-11,16H2,1-4H3. The molecule has 1 saturated heterocycles. The summed E-state index contributed by atoms with van der Waals surface area (Å²) in [5, 5.41) is 0. The number of likely N-dealkylation sites (tertiary alicyclic amines) is 1. The lowest BCUT2D eigenvalue weighted by atomic mass is 9.79. The number of carbonyl (C=O) groups excluding carboxylic acids is 1. The Morgan fingerprint density at radius 3 is 2.33 bits per heavy atom. The van der Waals surface area contributed by atoms with Crippen LogP contribution in [0.2, 0.25) is 0 Å². The van der Waals surface area contributed by atoms with E-state index in [-0.39, 0.29) is 5.41 Å². The summed E-state index contributed by atoms with van der Waals surface area (Å²) < 4.78 is 0. The average molecular weight is 254 g/mol. The molecule has 2 N–H and O–H groups in total. The molecule has 1 fully saturated rings. The molecule has 0 aliphatic carbocycles. The Morgan fingerprint density at radius 1 is 1.28 bits per heavy atom. The zero-order valence-corrected chi connectivity index (χ0v) is 12.5. The van der Waals surface area contributed by atoms with Gasteiger partial charge in [-0.05, 0) is 38.5 Å². The van der Waals surface area contributed by atoms with Crippen LogP contribution in [0.25, 0.3) is 0 Å². The molecule has 0 aromatic heterocycles. The third-order valence-corrected chi connectivity index (χ3v) is 5.02. The van der Waals surface area contributed by atoms with Crippen LogP contribution in [0.1, 0.15) is 59.8 Å². The SMILES string of the molecule is CCC1CCC(C)N(C(=O)C(CC)(CC)CN)C1. The number of piperidine rings is 1. The van der Waals surface area contributed by atoms with Crippen LogP contribution in [0.15, 0.2) is 0 Å². The molecule has 18 heavy (non-hydrogen) atoms. The van der Waals surface area contributed by atoms with E-state index in [0.717, 1.165) is 25.8 Å². The molecule has 0 aromatic rings. The molecule has 0 bridgehead atoms. The lowest BCUT2D eigenvalue weighted by molar-refractivity contribution is -0.146. The van der Waals surface area contributed by atoms with Crippen molar-refractivity contribution in [1.29, 1.82) is 0 Å². The van der Waals surface area contributed by atoms with Crippen LogP contribution < -0.4 is 5.73 Å². The number of carbonyl (C=O) groups is 1. The lowest BCUT2D eigenvalue weighted by Crippen LogP contribution is -2.53. The first-order valence-electron chi connectivity index (χ1n) is 7.55. The Bertz CT molecular complexity index is 265. The molecule has 2 atom stereocenters. The second-order valence-electron chi connectivity index (χ2n) is 5.85. The van der Waals surface area contributed by atoms with Gasteiger partial charge in [0.1, 0.15) is 0 Å². The molecule has 3 nitrogen and oxygen atoms in total. The van der Waals surface area contributed by atoms with Gasteiger partial charge >= 0.3 is 0 Å². The summed E-state index contributed by atoms with van der Waals surface area (Å²) >= 11 is 0. The first-order valence-corrected chi connectivity index (χ1v) is 7.55. The molecule has 0 saturated carbocycles. The Labute approximate surface area is 112 Å². The minimum Gasteiger partial charge on any atom is -0.339 e. The molecule has 2 unspecified atom stereocenters. The molecule has 1 amide bonds. The highest BCUT2D eigenvalue weighted by Gasteiger charge is 2.40. The van der Waals surface area contributed by atoms with Crippen molar-refractivity contribution >= 4 is 5.91 Å². The Kier molecular flexibility index (Phi) is 5.64. The molecular formula is C15H30N2O. The highest BCUT2D eigenvalue weighted by atomic mass is 16.2. The van der Waals surface area contributed by atoms with E-state index in [9.17, 15) is 4.79 Å². The predicted octanol–water partition coefficient (Wildman–Crippen LogP) is 2.79. The van der Waals surface area contributed by atoms with Crippen molar-refractivity contribution < 1.29 is 4.79 Å². The highest BCUT2D eigenvalue weighted by molar-refractivity contribution is 5.83. The van der Waals surface area contributed by atoms with Gasteiger partial charge in [-0.15, -0.1) is 0 Å². The zero-order valence-electron chi connectivity index (χ0n) is 12.5. The van der Waals surface area contributed by atoms with Gasteiger partial charge in [-0.3, -0.25) is 4.79 Å². The summed E-state index contributed by atoms with van der Waals surface area (Å²) in [5.41, 5.74) is 5.57. The van der Waals surface area contributed by atoms with Crippen LogP contribution >= 0.6 is 0 Å². The van der Waals surface area contributed by atoms with Crippen molar-refractivity contribution in [3.8, 4) is 0 Å². The first kappa shape index (κ1) is 15.5. The molecule has 106 valence electrons. The fraction of sp³-hybridized carbons (Fsp3) is 0.933. The van der Waals surface area contributed by atoms with Crippen LogP contribution in [0.4, 0.5) is 0 Å².